The van der Waals surface area contributed by atoms with Gasteiger partial charge in [0.15, 0.2) is 11.4 Å². The monoisotopic (exact) mass is 558 g/mol. The number of aryl methyl sites for hydroxylation is 2. The first-order chi connectivity index (χ1) is 17.8. The van der Waals surface area contributed by atoms with Crippen molar-refractivity contribution in [3.05, 3.63) is 65.4 Å². The van der Waals surface area contributed by atoms with Gasteiger partial charge < -0.3 is 14.0 Å². The lowest BCUT2D eigenvalue weighted by molar-refractivity contribution is 0.344. The third kappa shape index (κ3) is 4.31. The Kier molecular flexibility index (Phi) is 6.78. The van der Waals surface area contributed by atoms with Gasteiger partial charge in [0.2, 0.25) is 0 Å². The summed E-state index contributed by atoms with van der Waals surface area (Å²) in [6.07, 6.45) is 4.06. The summed E-state index contributed by atoms with van der Waals surface area (Å²) in [5.74, 6) is 1.22. The lowest BCUT2D eigenvalue weighted by atomic mass is 10.2. The van der Waals surface area contributed by atoms with Gasteiger partial charge in [-0.2, -0.15) is 0 Å². The predicted molar refractivity (Wildman–Crippen MR) is 146 cm³/mol. The number of halogens is 2. The van der Waals surface area contributed by atoms with Crippen molar-refractivity contribution in [1.29, 1.82) is 0 Å². The lowest BCUT2D eigenvalue weighted by Crippen LogP contribution is -2.14. The number of methoxy groups -OCH3 is 2. The molecule has 0 aliphatic carbocycles. The molecule has 37 heavy (non-hydrogen) atoms. The number of hydrogen-bond acceptors (Lipinski definition) is 6. The van der Waals surface area contributed by atoms with Gasteiger partial charge in [-0.25, -0.2) is 22.4 Å². The Hall–Kier alpha value is -3.27. The Bertz CT molecular complexity index is 1730. The van der Waals surface area contributed by atoms with Crippen LogP contribution in [0.4, 0.5) is 0 Å². The molecule has 0 amide bonds. The van der Waals surface area contributed by atoms with E-state index in [1.807, 2.05) is 23.8 Å². The molecule has 0 aliphatic rings. The van der Waals surface area contributed by atoms with E-state index in [2.05, 4.69) is 4.98 Å². The summed E-state index contributed by atoms with van der Waals surface area (Å²) in [6.45, 7) is 2.50. The third-order valence-electron chi connectivity index (χ3n) is 6.17. The van der Waals surface area contributed by atoms with E-state index in [-0.39, 0.29) is 16.4 Å². The fourth-order valence-corrected chi connectivity index (χ4v) is 6.15. The minimum atomic E-state index is -4.06. The van der Waals surface area contributed by atoms with Gasteiger partial charge in [0.05, 0.1) is 35.3 Å². The topological polar surface area (TPSA) is 88.2 Å². The van der Waals surface area contributed by atoms with Crippen molar-refractivity contribution >= 4 is 55.3 Å². The molecule has 0 bridgehead atoms. The van der Waals surface area contributed by atoms with E-state index in [0.717, 1.165) is 11.1 Å². The van der Waals surface area contributed by atoms with E-state index < -0.39 is 10.0 Å². The smallest absolute Gasteiger partial charge is 0.269 e. The van der Waals surface area contributed by atoms with Gasteiger partial charge in [-0.15, -0.1) is 11.6 Å². The first-order valence-corrected chi connectivity index (χ1v) is 13.8. The molecule has 0 spiro atoms. The number of nitrogens with zero attached hydrogens (tertiary/aromatic N) is 4. The highest BCUT2D eigenvalue weighted by molar-refractivity contribution is 7.90. The molecule has 0 unspecified atom stereocenters. The van der Waals surface area contributed by atoms with Gasteiger partial charge in [0.25, 0.3) is 15.9 Å². The van der Waals surface area contributed by atoms with E-state index in [1.54, 1.807) is 36.4 Å². The number of alkyl halides is 1. The maximum absolute atomic E-state index is 14.1. The molecular formula is C26H24Cl2N4O4S. The Morgan fingerprint density at radius 1 is 1.05 bits per heavy atom. The highest BCUT2D eigenvalue weighted by atomic mass is 35.5. The quantitative estimate of drug-likeness (QED) is 0.220. The number of fused-ring (bicyclic) bond motifs is 2. The summed E-state index contributed by atoms with van der Waals surface area (Å²) in [5.41, 5.74) is 3.43. The van der Waals surface area contributed by atoms with Crippen LogP contribution in [0.1, 0.15) is 12.0 Å². The summed E-state index contributed by atoms with van der Waals surface area (Å²) in [7, 11) is -1.01. The van der Waals surface area contributed by atoms with Crippen molar-refractivity contribution in [3.63, 3.8) is 0 Å². The van der Waals surface area contributed by atoms with Crippen LogP contribution in [0.15, 0.2) is 59.8 Å². The third-order valence-corrected chi connectivity index (χ3v) is 8.49. The van der Waals surface area contributed by atoms with Gasteiger partial charge >= 0.3 is 0 Å². The molecule has 0 saturated heterocycles. The van der Waals surface area contributed by atoms with Crippen LogP contribution < -0.4 is 9.47 Å². The van der Waals surface area contributed by atoms with Gasteiger partial charge in [0, 0.05) is 41.8 Å². The molecule has 5 rings (SSSR count). The summed E-state index contributed by atoms with van der Waals surface area (Å²) in [4.78, 5) is 9.25. The number of rotatable bonds is 8. The average molecular weight is 559 g/mol. The van der Waals surface area contributed by atoms with Crippen LogP contribution in [0.3, 0.4) is 0 Å². The van der Waals surface area contributed by atoms with Crippen molar-refractivity contribution in [2.45, 2.75) is 24.8 Å². The van der Waals surface area contributed by atoms with Crippen molar-refractivity contribution in [2.75, 3.05) is 20.1 Å². The van der Waals surface area contributed by atoms with E-state index in [9.17, 15) is 8.42 Å². The van der Waals surface area contributed by atoms with Crippen molar-refractivity contribution in [1.82, 2.24) is 18.5 Å². The molecule has 1 aromatic carbocycles. The first-order valence-electron chi connectivity index (χ1n) is 11.5. The minimum absolute atomic E-state index is 0.136. The van der Waals surface area contributed by atoms with Gasteiger partial charge in [-0.1, -0.05) is 29.3 Å². The number of hydrogen-bond donors (Lipinski definition) is 0. The zero-order valence-electron chi connectivity index (χ0n) is 20.4. The minimum Gasteiger partial charge on any atom is -0.491 e. The second kappa shape index (κ2) is 9.89. The van der Waals surface area contributed by atoms with E-state index in [0.29, 0.717) is 51.8 Å². The molecular weight excluding hydrogens is 535 g/mol. The predicted octanol–water partition coefficient (Wildman–Crippen LogP) is 5.90. The zero-order chi connectivity index (χ0) is 26.3. The Morgan fingerprint density at radius 2 is 1.81 bits per heavy atom. The van der Waals surface area contributed by atoms with Crippen molar-refractivity contribution in [2.24, 2.45) is 0 Å². The SMILES string of the molecule is COc1cc2c(nc1OC)c(-c1cc3c(Cl)ccnc3n1S(=O)(=O)c1ccc(C)cc1)cn2CCCCl. The standard InChI is InChI=1S/C26H24Cl2N4O4S/c1-16-5-7-17(8-6-16)37(33,34)32-21(13-18-20(28)9-11-29-25(18)32)19-15-31(12-4-10-27)22-14-23(35-2)26(36-3)30-24(19)22/h5-9,11,13-15H,4,10,12H2,1-3H3. The number of aromatic nitrogens is 4. The van der Waals surface area contributed by atoms with Crippen LogP contribution in [0.5, 0.6) is 11.6 Å². The van der Waals surface area contributed by atoms with E-state index in [4.69, 9.17) is 37.7 Å². The maximum Gasteiger partial charge on any atom is 0.269 e. The Balaban J connectivity index is 1.87. The van der Waals surface area contributed by atoms with Crippen LogP contribution in [0.25, 0.3) is 33.3 Å². The number of ether oxygens (including phenoxy) is 2. The van der Waals surface area contributed by atoms with Gasteiger partial charge in [-0.3, -0.25) is 0 Å². The summed E-state index contributed by atoms with van der Waals surface area (Å²) < 4.78 is 42.3. The summed E-state index contributed by atoms with van der Waals surface area (Å²) in [5, 5.41) is 0.902. The largest absolute Gasteiger partial charge is 0.491 e. The molecule has 5 aromatic rings. The normalized spacial score (nSPS) is 11.9. The molecule has 8 nitrogen and oxygen atoms in total. The molecule has 0 aliphatic heterocycles. The number of benzene rings is 1. The number of pyridine rings is 2. The molecule has 0 atom stereocenters. The molecule has 0 N–H and O–H groups in total. The maximum atomic E-state index is 14.1. The highest BCUT2D eigenvalue weighted by Crippen LogP contribution is 2.40. The average Bonchev–Trinajstić information content (AvgIpc) is 3.46. The highest BCUT2D eigenvalue weighted by Gasteiger charge is 2.28. The second-order valence-corrected chi connectivity index (χ2v) is 11.1. The molecule has 0 radical (unpaired) electrons. The van der Waals surface area contributed by atoms with Crippen LogP contribution >= 0.6 is 23.2 Å². The van der Waals surface area contributed by atoms with Gasteiger partial charge in [-0.05, 0) is 37.6 Å². The van der Waals surface area contributed by atoms with Gasteiger partial charge in [0.1, 0.15) is 5.52 Å². The fraction of sp³-hybridized carbons (Fsp3) is 0.231. The second-order valence-electron chi connectivity index (χ2n) is 8.49. The summed E-state index contributed by atoms with van der Waals surface area (Å²) >= 11 is 12.5. The van der Waals surface area contributed by atoms with Crippen molar-refractivity contribution < 1.29 is 17.9 Å². The molecule has 192 valence electrons. The van der Waals surface area contributed by atoms with Crippen LogP contribution in [0.2, 0.25) is 5.02 Å². The molecule has 4 aromatic heterocycles. The Labute approximate surface area is 224 Å². The first kappa shape index (κ1) is 25.4. The molecule has 11 heteroatoms. The molecule has 4 heterocycles. The zero-order valence-corrected chi connectivity index (χ0v) is 22.7. The fourth-order valence-electron chi connectivity index (χ4n) is 4.36. The van der Waals surface area contributed by atoms with Crippen LogP contribution in [-0.4, -0.2) is 47.0 Å². The Morgan fingerprint density at radius 3 is 2.49 bits per heavy atom. The van der Waals surface area contributed by atoms with Crippen LogP contribution in [-0.2, 0) is 16.6 Å². The summed E-state index contributed by atoms with van der Waals surface area (Å²) in [6, 6.07) is 11.9. The van der Waals surface area contributed by atoms with Crippen LogP contribution in [0, 0.1) is 6.92 Å². The molecule has 0 fully saturated rings. The van der Waals surface area contributed by atoms with E-state index >= 15 is 0 Å². The van der Waals surface area contributed by atoms with E-state index in [1.165, 1.54) is 24.4 Å². The van der Waals surface area contributed by atoms with Crippen molar-refractivity contribution in [3.8, 4) is 22.9 Å². The molecule has 0 saturated carbocycles. The lowest BCUT2D eigenvalue weighted by Gasteiger charge is -2.12.